The molecule has 124 valence electrons. The van der Waals surface area contributed by atoms with Crippen LogP contribution in [0.4, 0.5) is 5.69 Å². The van der Waals surface area contributed by atoms with Crippen molar-refractivity contribution in [1.29, 1.82) is 5.26 Å². The first-order valence-corrected chi connectivity index (χ1v) is 7.15. The molecule has 2 rings (SSSR count). The summed E-state index contributed by atoms with van der Waals surface area (Å²) >= 11 is 0. The van der Waals surface area contributed by atoms with Gasteiger partial charge in [-0.15, -0.1) is 0 Å². The number of nitro benzene ring substituents is 1. The van der Waals surface area contributed by atoms with Gasteiger partial charge in [0.1, 0.15) is 5.76 Å². The Balaban J connectivity index is 2.02. The summed E-state index contributed by atoms with van der Waals surface area (Å²) in [6, 6.07) is 11.2. The molecule has 8 heteroatoms. The van der Waals surface area contributed by atoms with Crippen LogP contribution < -0.4 is 4.74 Å². The SMILES string of the molecule is N#CCCN(Cc1ccco1)C(=O)COc1ccccc1[N+](=O)[O-]. The molecule has 1 amide bonds. The van der Waals surface area contributed by atoms with E-state index < -0.39 is 4.92 Å². The maximum atomic E-state index is 12.3. The Morgan fingerprint density at radius 3 is 2.79 bits per heavy atom. The Kier molecular flexibility index (Phi) is 5.91. The highest BCUT2D eigenvalue weighted by Gasteiger charge is 2.19. The monoisotopic (exact) mass is 329 g/mol. The number of para-hydroxylation sites is 2. The number of amides is 1. The average molecular weight is 329 g/mol. The first-order valence-electron chi connectivity index (χ1n) is 7.15. The lowest BCUT2D eigenvalue weighted by Crippen LogP contribution is -2.35. The molecule has 0 atom stereocenters. The highest BCUT2D eigenvalue weighted by atomic mass is 16.6. The number of carbonyl (C=O) groups excluding carboxylic acids is 1. The van der Waals surface area contributed by atoms with E-state index in [1.807, 2.05) is 6.07 Å². The number of carbonyl (C=O) groups is 1. The fourth-order valence-electron chi connectivity index (χ4n) is 2.03. The molecule has 0 unspecified atom stereocenters. The van der Waals surface area contributed by atoms with Crippen molar-refractivity contribution < 1.29 is 18.9 Å². The standard InChI is InChI=1S/C16H15N3O5/c17-8-4-9-18(11-13-5-3-10-23-13)16(20)12-24-15-7-2-1-6-14(15)19(21)22/h1-3,5-7,10H,4,9,11-12H2. The van der Waals surface area contributed by atoms with Crippen molar-refractivity contribution >= 4 is 11.6 Å². The van der Waals surface area contributed by atoms with Gasteiger partial charge in [-0.25, -0.2) is 0 Å². The summed E-state index contributed by atoms with van der Waals surface area (Å²) in [7, 11) is 0. The lowest BCUT2D eigenvalue weighted by Gasteiger charge is -2.20. The lowest BCUT2D eigenvalue weighted by molar-refractivity contribution is -0.385. The number of furan rings is 1. The number of rotatable bonds is 8. The van der Waals surface area contributed by atoms with E-state index in [1.165, 1.54) is 29.4 Å². The number of nitrogens with zero attached hydrogens (tertiary/aromatic N) is 3. The van der Waals surface area contributed by atoms with Gasteiger partial charge in [0.05, 0.1) is 30.2 Å². The van der Waals surface area contributed by atoms with Crippen LogP contribution in [0.15, 0.2) is 47.1 Å². The van der Waals surface area contributed by atoms with Gasteiger partial charge in [0.2, 0.25) is 0 Å². The molecule has 24 heavy (non-hydrogen) atoms. The smallest absolute Gasteiger partial charge is 0.310 e. The minimum atomic E-state index is -0.573. The van der Waals surface area contributed by atoms with Gasteiger partial charge in [0, 0.05) is 12.6 Å². The Morgan fingerprint density at radius 1 is 1.33 bits per heavy atom. The third-order valence-corrected chi connectivity index (χ3v) is 3.19. The van der Waals surface area contributed by atoms with Crippen molar-refractivity contribution in [2.45, 2.75) is 13.0 Å². The molecule has 0 aliphatic rings. The topological polar surface area (TPSA) is 110 Å². The van der Waals surface area contributed by atoms with Gasteiger partial charge in [-0.2, -0.15) is 5.26 Å². The summed E-state index contributed by atoms with van der Waals surface area (Å²) < 4.78 is 10.5. The molecule has 0 N–H and O–H groups in total. The number of hydrogen-bond acceptors (Lipinski definition) is 6. The van der Waals surface area contributed by atoms with Crippen LogP contribution >= 0.6 is 0 Å². The van der Waals surface area contributed by atoms with Crippen LogP contribution in [0.2, 0.25) is 0 Å². The van der Waals surface area contributed by atoms with E-state index in [0.29, 0.717) is 5.76 Å². The molecule has 0 fully saturated rings. The third kappa shape index (κ3) is 4.58. The molecule has 0 radical (unpaired) electrons. The molecule has 1 aromatic carbocycles. The van der Waals surface area contributed by atoms with E-state index >= 15 is 0 Å². The number of hydrogen-bond donors (Lipinski definition) is 0. The molecular weight excluding hydrogens is 314 g/mol. The summed E-state index contributed by atoms with van der Waals surface area (Å²) in [5.41, 5.74) is -0.208. The van der Waals surface area contributed by atoms with Crippen LogP contribution in [-0.2, 0) is 11.3 Å². The minimum Gasteiger partial charge on any atom is -0.477 e. The molecule has 0 aliphatic heterocycles. The van der Waals surface area contributed by atoms with Crippen molar-refractivity contribution in [2.24, 2.45) is 0 Å². The minimum absolute atomic E-state index is 0.0223. The van der Waals surface area contributed by atoms with E-state index in [0.717, 1.165) is 0 Å². The molecule has 0 saturated carbocycles. The lowest BCUT2D eigenvalue weighted by atomic mass is 10.3. The van der Waals surface area contributed by atoms with E-state index in [4.69, 9.17) is 14.4 Å². The molecular formula is C16H15N3O5. The third-order valence-electron chi connectivity index (χ3n) is 3.19. The van der Waals surface area contributed by atoms with Gasteiger partial charge in [-0.3, -0.25) is 14.9 Å². The van der Waals surface area contributed by atoms with Crippen molar-refractivity contribution in [1.82, 2.24) is 4.90 Å². The van der Waals surface area contributed by atoms with Crippen LogP contribution in [-0.4, -0.2) is 28.9 Å². The molecule has 8 nitrogen and oxygen atoms in total. The zero-order valence-corrected chi connectivity index (χ0v) is 12.8. The molecule has 0 saturated heterocycles. The highest BCUT2D eigenvalue weighted by molar-refractivity contribution is 5.77. The van der Waals surface area contributed by atoms with E-state index in [-0.39, 0.29) is 43.5 Å². The van der Waals surface area contributed by atoms with Crippen LogP contribution in [0.1, 0.15) is 12.2 Å². The van der Waals surface area contributed by atoms with Crippen molar-refractivity contribution in [3.8, 4) is 11.8 Å². The molecule has 1 heterocycles. The predicted octanol–water partition coefficient (Wildman–Crippen LogP) is 2.51. The van der Waals surface area contributed by atoms with Gasteiger partial charge in [0.15, 0.2) is 12.4 Å². The fourth-order valence-corrected chi connectivity index (χ4v) is 2.03. The second-order valence-corrected chi connectivity index (χ2v) is 4.82. The average Bonchev–Trinajstić information content (AvgIpc) is 3.09. The number of nitriles is 1. The quantitative estimate of drug-likeness (QED) is 0.543. The number of nitro groups is 1. The predicted molar refractivity (Wildman–Crippen MR) is 82.9 cm³/mol. The number of ether oxygens (including phenoxy) is 1. The normalized spacial score (nSPS) is 9.96. The second-order valence-electron chi connectivity index (χ2n) is 4.82. The van der Waals surface area contributed by atoms with Gasteiger partial charge in [-0.1, -0.05) is 12.1 Å². The van der Waals surface area contributed by atoms with Gasteiger partial charge < -0.3 is 14.1 Å². The summed E-state index contributed by atoms with van der Waals surface area (Å²) in [5.74, 6) is 0.209. The van der Waals surface area contributed by atoms with Crippen LogP contribution in [0.5, 0.6) is 5.75 Å². The Hall–Kier alpha value is -3.34. The van der Waals surface area contributed by atoms with E-state index in [1.54, 1.807) is 18.2 Å². The molecule has 0 bridgehead atoms. The molecule has 0 aliphatic carbocycles. The first kappa shape index (κ1) is 17.0. The first-order chi connectivity index (χ1) is 11.6. The van der Waals surface area contributed by atoms with E-state index in [9.17, 15) is 14.9 Å². The summed E-state index contributed by atoms with van der Waals surface area (Å²) in [6.45, 7) is 0.0566. The molecule has 0 spiro atoms. The summed E-state index contributed by atoms with van der Waals surface area (Å²) in [6.07, 6.45) is 1.66. The Labute approximate surface area is 138 Å². The van der Waals surface area contributed by atoms with Crippen LogP contribution in [0.25, 0.3) is 0 Å². The molecule has 1 aromatic heterocycles. The van der Waals surface area contributed by atoms with Gasteiger partial charge >= 0.3 is 5.69 Å². The van der Waals surface area contributed by atoms with Crippen LogP contribution in [0, 0.1) is 21.4 Å². The van der Waals surface area contributed by atoms with E-state index in [2.05, 4.69) is 0 Å². The highest BCUT2D eigenvalue weighted by Crippen LogP contribution is 2.25. The summed E-state index contributed by atoms with van der Waals surface area (Å²) in [5, 5.41) is 19.6. The van der Waals surface area contributed by atoms with Crippen molar-refractivity contribution in [3.63, 3.8) is 0 Å². The zero-order valence-electron chi connectivity index (χ0n) is 12.8. The zero-order chi connectivity index (χ0) is 17.4. The second kappa shape index (κ2) is 8.33. The van der Waals surface area contributed by atoms with Crippen LogP contribution in [0.3, 0.4) is 0 Å². The maximum Gasteiger partial charge on any atom is 0.310 e. The maximum absolute atomic E-state index is 12.3. The van der Waals surface area contributed by atoms with Crippen molar-refractivity contribution in [2.75, 3.05) is 13.2 Å². The summed E-state index contributed by atoms with van der Waals surface area (Å²) in [4.78, 5) is 24.1. The Morgan fingerprint density at radius 2 is 2.12 bits per heavy atom. The fraction of sp³-hybridized carbons (Fsp3) is 0.250. The van der Waals surface area contributed by atoms with Gasteiger partial charge in [-0.05, 0) is 18.2 Å². The number of benzene rings is 1. The van der Waals surface area contributed by atoms with Crippen molar-refractivity contribution in [3.05, 3.63) is 58.5 Å². The molecule has 2 aromatic rings. The Bertz CT molecular complexity index is 736. The van der Waals surface area contributed by atoms with Gasteiger partial charge in [0.25, 0.3) is 5.91 Å². The largest absolute Gasteiger partial charge is 0.477 e.